The molecule has 2 rings (SSSR count). The van der Waals surface area contributed by atoms with Gasteiger partial charge in [0.1, 0.15) is 0 Å². The van der Waals surface area contributed by atoms with Gasteiger partial charge in [0.15, 0.2) is 0 Å². The molecule has 1 heterocycles. The Hall–Kier alpha value is -1.35. The molecule has 92 valence electrons. The van der Waals surface area contributed by atoms with Crippen LogP contribution in [0, 0.1) is 5.92 Å². The van der Waals surface area contributed by atoms with E-state index in [-0.39, 0.29) is 6.42 Å². The number of benzene rings is 1. The van der Waals surface area contributed by atoms with E-state index in [9.17, 15) is 4.79 Å². The molecule has 1 aromatic rings. The zero-order valence-corrected chi connectivity index (χ0v) is 10.0. The average molecular weight is 233 g/mol. The van der Waals surface area contributed by atoms with Crippen LogP contribution in [0.5, 0.6) is 0 Å². The van der Waals surface area contributed by atoms with E-state index in [1.807, 2.05) is 6.07 Å². The highest BCUT2D eigenvalue weighted by atomic mass is 16.4. The first kappa shape index (κ1) is 12.1. The minimum Gasteiger partial charge on any atom is -0.481 e. The van der Waals surface area contributed by atoms with Gasteiger partial charge in [-0.3, -0.25) is 4.79 Å². The van der Waals surface area contributed by atoms with Crippen LogP contribution in [0.3, 0.4) is 0 Å². The molecule has 0 bridgehead atoms. The Labute approximate surface area is 102 Å². The van der Waals surface area contributed by atoms with E-state index in [1.54, 1.807) is 0 Å². The van der Waals surface area contributed by atoms with Crippen molar-refractivity contribution in [3.8, 4) is 0 Å². The molecule has 0 aliphatic carbocycles. The molecule has 0 saturated carbocycles. The normalized spacial score (nSPS) is 20.6. The monoisotopic (exact) mass is 233 g/mol. The Morgan fingerprint density at radius 1 is 1.35 bits per heavy atom. The molecule has 0 amide bonds. The van der Waals surface area contributed by atoms with Crippen LogP contribution in [-0.2, 0) is 11.2 Å². The first-order chi connectivity index (χ1) is 8.24. The van der Waals surface area contributed by atoms with Crippen molar-refractivity contribution in [1.82, 2.24) is 4.90 Å². The van der Waals surface area contributed by atoms with Crippen molar-refractivity contribution in [2.75, 3.05) is 19.6 Å². The minimum absolute atomic E-state index is 0.262. The van der Waals surface area contributed by atoms with E-state index < -0.39 is 5.97 Å². The fourth-order valence-corrected chi connectivity index (χ4v) is 2.48. The Balaban J connectivity index is 1.76. The van der Waals surface area contributed by atoms with Crippen LogP contribution in [0.15, 0.2) is 30.3 Å². The third kappa shape index (κ3) is 3.86. The number of likely N-dealkylation sites (tertiary alicyclic amines) is 1. The number of rotatable bonds is 5. The van der Waals surface area contributed by atoms with E-state index in [2.05, 4.69) is 29.2 Å². The number of nitrogens with zero attached hydrogens (tertiary/aromatic N) is 1. The zero-order chi connectivity index (χ0) is 12.1. The van der Waals surface area contributed by atoms with E-state index >= 15 is 0 Å². The Morgan fingerprint density at radius 3 is 2.82 bits per heavy atom. The first-order valence-corrected chi connectivity index (χ1v) is 6.22. The highest BCUT2D eigenvalue weighted by Crippen LogP contribution is 2.20. The molecule has 3 heteroatoms. The summed E-state index contributed by atoms with van der Waals surface area (Å²) in [5.74, 6) is -0.0114. The highest BCUT2D eigenvalue weighted by molar-refractivity contribution is 5.66. The van der Waals surface area contributed by atoms with Crippen molar-refractivity contribution in [3.63, 3.8) is 0 Å². The van der Waals surface area contributed by atoms with Crippen molar-refractivity contribution in [2.24, 2.45) is 5.92 Å². The van der Waals surface area contributed by atoms with E-state index in [0.29, 0.717) is 12.5 Å². The van der Waals surface area contributed by atoms with Crippen molar-refractivity contribution in [1.29, 1.82) is 0 Å². The molecule has 0 radical (unpaired) electrons. The van der Waals surface area contributed by atoms with Crippen LogP contribution in [-0.4, -0.2) is 35.6 Å². The predicted octanol–water partition coefficient (Wildman–Crippen LogP) is 2.03. The van der Waals surface area contributed by atoms with Gasteiger partial charge in [0.2, 0.25) is 0 Å². The summed E-state index contributed by atoms with van der Waals surface area (Å²) in [4.78, 5) is 12.8. The average Bonchev–Trinajstić information content (AvgIpc) is 2.75. The van der Waals surface area contributed by atoms with Gasteiger partial charge in [-0.25, -0.2) is 0 Å². The number of carboxylic acid groups (broad SMARTS) is 1. The van der Waals surface area contributed by atoms with Gasteiger partial charge in [0, 0.05) is 13.1 Å². The standard InChI is InChI=1S/C14H19NO2/c16-14(17)7-9-15-8-6-13(11-15)10-12-4-2-1-3-5-12/h1-5,13H,6-11H2,(H,16,17)/t13-/m1/s1. The molecule has 1 N–H and O–H groups in total. The van der Waals surface area contributed by atoms with Crippen LogP contribution in [0.25, 0.3) is 0 Å². The summed E-state index contributed by atoms with van der Waals surface area (Å²) in [6, 6.07) is 10.5. The maximum Gasteiger partial charge on any atom is 0.304 e. The van der Waals surface area contributed by atoms with E-state index in [0.717, 1.165) is 19.5 Å². The summed E-state index contributed by atoms with van der Waals surface area (Å²) in [6.07, 6.45) is 2.57. The number of carbonyl (C=O) groups is 1. The fraction of sp³-hybridized carbons (Fsp3) is 0.500. The number of aliphatic carboxylic acids is 1. The lowest BCUT2D eigenvalue weighted by molar-refractivity contribution is -0.137. The topological polar surface area (TPSA) is 40.5 Å². The van der Waals surface area contributed by atoms with Crippen LogP contribution in [0.2, 0.25) is 0 Å². The summed E-state index contributed by atoms with van der Waals surface area (Å²) in [5.41, 5.74) is 1.39. The summed E-state index contributed by atoms with van der Waals surface area (Å²) in [6.45, 7) is 2.79. The molecule has 0 spiro atoms. The van der Waals surface area contributed by atoms with E-state index in [1.165, 1.54) is 12.0 Å². The minimum atomic E-state index is -0.698. The molecule has 1 saturated heterocycles. The fourth-order valence-electron chi connectivity index (χ4n) is 2.48. The molecule has 1 aromatic carbocycles. The van der Waals surface area contributed by atoms with Gasteiger partial charge in [0.05, 0.1) is 6.42 Å². The van der Waals surface area contributed by atoms with Gasteiger partial charge in [-0.2, -0.15) is 0 Å². The van der Waals surface area contributed by atoms with E-state index in [4.69, 9.17) is 5.11 Å². The zero-order valence-electron chi connectivity index (χ0n) is 10.0. The SMILES string of the molecule is O=C(O)CCN1CC[C@H](Cc2ccccc2)C1. The van der Waals surface area contributed by atoms with Crippen molar-refractivity contribution >= 4 is 5.97 Å². The molecule has 1 fully saturated rings. The lowest BCUT2D eigenvalue weighted by Gasteiger charge is -2.14. The Kier molecular flexibility index (Phi) is 4.15. The lowest BCUT2D eigenvalue weighted by Crippen LogP contribution is -2.24. The van der Waals surface area contributed by atoms with Crippen molar-refractivity contribution in [2.45, 2.75) is 19.3 Å². The quantitative estimate of drug-likeness (QED) is 0.846. The summed E-state index contributed by atoms with van der Waals surface area (Å²) in [7, 11) is 0. The van der Waals surface area contributed by atoms with Gasteiger partial charge >= 0.3 is 5.97 Å². The third-order valence-corrected chi connectivity index (χ3v) is 3.38. The molecule has 0 aromatic heterocycles. The second-order valence-electron chi connectivity index (χ2n) is 4.79. The molecular weight excluding hydrogens is 214 g/mol. The second kappa shape index (κ2) is 5.82. The molecule has 1 aliphatic rings. The number of hydrogen-bond donors (Lipinski definition) is 1. The Morgan fingerprint density at radius 2 is 2.12 bits per heavy atom. The predicted molar refractivity (Wildman–Crippen MR) is 66.9 cm³/mol. The number of carboxylic acids is 1. The molecule has 17 heavy (non-hydrogen) atoms. The highest BCUT2D eigenvalue weighted by Gasteiger charge is 2.22. The van der Waals surface area contributed by atoms with Gasteiger partial charge in [-0.1, -0.05) is 30.3 Å². The number of hydrogen-bond acceptors (Lipinski definition) is 2. The molecule has 1 atom stereocenters. The van der Waals surface area contributed by atoms with Crippen LogP contribution in [0.4, 0.5) is 0 Å². The van der Waals surface area contributed by atoms with Crippen LogP contribution >= 0.6 is 0 Å². The Bertz CT molecular complexity index is 364. The van der Waals surface area contributed by atoms with Crippen molar-refractivity contribution in [3.05, 3.63) is 35.9 Å². The van der Waals surface area contributed by atoms with Crippen molar-refractivity contribution < 1.29 is 9.90 Å². The maximum absolute atomic E-state index is 10.5. The second-order valence-corrected chi connectivity index (χ2v) is 4.79. The van der Waals surface area contributed by atoms with Gasteiger partial charge in [-0.05, 0) is 30.9 Å². The summed E-state index contributed by atoms with van der Waals surface area (Å²) < 4.78 is 0. The van der Waals surface area contributed by atoms with Gasteiger partial charge in [-0.15, -0.1) is 0 Å². The van der Waals surface area contributed by atoms with Gasteiger partial charge < -0.3 is 10.0 Å². The van der Waals surface area contributed by atoms with Crippen LogP contribution in [0.1, 0.15) is 18.4 Å². The summed E-state index contributed by atoms with van der Waals surface area (Å²) >= 11 is 0. The van der Waals surface area contributed by atoms with Gasteiger partial charge in [0.25, 0.3) is 0 Å². The third-order valence-electron chi connectivity index (χ3n) is 3.38. The molecule has 3 nitrogen and oxygen atoms in total. The largest absolute Gasteiger partial charge is 0.481 e. The smallest absolute Gasteiger partial charge is 0.304 e. The van der Waals surface area contributed by atoms with Crippen LogP contribution < -0.4 is 0 Å². The maximum atomic E-state index is 10.5. The molecule has 0 unspecified atom stereocenters. The molecular formula is C14H19NO2. The first-order valence-electron chi connectivity index (χ1n) is 6.22. The lowest BCUT2D eigenvalue weighted by atomic mass is 9.99. The molecule has 1 aliphatic heterocycles. The summed E-state index contributed by atoms with van der Waals surface area (Å²) in [5, 5.41) is 8.65.